The molecule has 0 fully saturated rings. The number of aryl methyl sites for hydroxylation is 1. The Morgan fingerprint density at radius 1 is 1.20 bits per heavy atom. The number of sulfonamides is 1. The number of hydrogen-bond acceptors (Lipinski definition) is 6. The second kappa shape index (κ2) is 9.66. The zero-order valence-electron chi connectivity index (χ0n) is 19.3. The molecule has 0 aliphatic carbocycles. The van der Waals surface area contributed by atoms with Crippen LogP contribution in [0, 0.1) is 11.3 Å². The summed E-state index contributed by atoms with van der Waals surface area (Å²) < 4.78 is 31.4. The molecule has 1 aliphatic heterocycles. The first-order valence-corrected chi connectivity index (χ1v) is 13.6. The van der Waals surface area contributed by atoms with E-state index in [1.54, 1.807) is 46.2 Å². The van der Waals surface area contributed by atoms with Gasteiger partial charge in [0.2, 0.25) is 10.0 Å². The molecule has 2 aromatic heterocycles. The van der Waals surface area contributed by atoms with Crippen LogP contribution < -0.4 is 4.90 Å². The Bertz CT molecular complexity index is 1460. The van der Waals surface area contributed by atoms with Crippen molar-refractivity contribution in [2.75, 3.05) is 11.4 Å². The molecule has 1 aliphatic rings. The Kier molecular flexibility index (Phi) is 6.43. The van der Waals surface area contributed by atoms with Crippen molar-refractivity contribution in [1.82, 2.24) is 13.9 Å². The van der Waals surface area contributed by atoms with Crippen LogP contribution in [0.3, 0.4) is 0 Å². The van der Waals surface area contributed by atoms with Gasteiger partial charge in [0.05, 0.1) is 35.1 Å². The Labute approximate surface area is 209 Å². The maximum atomic E-state index is 13.9. The monoisotopic (exact) mass is 503 g/mol. The highest BCUT2D eigenvalue weighted by molar-refractivity contribution is 7.89. The van der Waals surface area contributed by atoms with Gasteiger partial charge in [0, 0.05) is 38.1 Å². The molecule has 35 heavy (non-hydrogen) atoms. The van der Waals surface area contributed by atoms with E-state index in [-0.39, 0.29) is 17.5 Å². The molecule has 3 heterocycles. The van der Waals surface area contributed by atoms with E-state index < -0.39 is 10.0 Å². The van der Waals surface area contributed by atoms with Crippen LogP contribution in [0.1, 0.15) is 22.4 Å². The molecule has 0 amide bonds. The van der Waals surface area contributed by atoms with Gasteiger partial charge in [0.25, 0.3) is 0 Å². The lowest BCUT2D eigenvalue weighted by atomic mass is 9.95. The standard InChI is InChI=1S/C26H25N5O2S2/c1-29-19-28-14-24(29)17-30-16-23(12-22-11-20(13-27)7-8-26(22)30)31(15-21-9-10-34-18-21)35(32,33)25-5-3-2-4-6-25/h2-11,14,18-19,23H,12,15-17H2,1H3/t23-/m0/s1. The fourth-order valence-electron chi connectivity index (χ4n) is 4.57. The Morgan fingerprint density at radius 3 is 2.71 bits per heavy atom. The highest BCUT2D eigenvalue weighted by atomic mass is 32.2. The fourth-order valence-corrected chi connectivity index (χ4v) is 6.86. The third kappa shape index (κ3) is 4.73. The molecule has 9 heteroatoms. The van der Waals surface area contributed by atoms with Crippen molar-refractivity contribution in [2.45, 2.75) is 30.4 Å². The van der Waals surface area contributed by atoms with Gasteiger partial charge in [-0.1, -0.05) is 18.2 Å². The molecule has 2 aromatic carbocycles. The van der Waals surface area contributed by atoms with Gasteiger partial charge in [-0.2, -0.15) is 20.9 Å². The van der Waals surface area contributed by atoms with Crippen LogP contribution in [0.15, 0.2) is 82.8 Å². The quantitative estimate of drug-likeness (QED) is 0.378. The van der Waals surface area contributed by atoms with Crippen LogP contribution in [0.4, 0.5) is 5.69 Å². The highest BCUT2D eigenvalue weighted by Crippen LogP contribution is 2.34. The Balaban J connectivity index is 1.57. The lowest BCUT2D eigenvalue weighted by Gasteiger charge is -2.40. The molecular weight excluding hydrogens is 478 g/mol. The number of nitrogens with zero attached hydrogens (tertiary/aromatic N) is 5. The number of anilines is 1. The van der Waals surface area contributed by atoms with Crippen LogP contribution >= 0.6 is 11.3 Å². The van der Waals surface area contributed by atoms with Crippen molar-refractivity contribution in [1.29, 1.82) is 5.26 Å². The van der Waals surface area contributed by atoms with Gasteiger partial charge >= 0.3 is 0 Å². The SMILES string of the molecule is Cn1cncc1CN1C[C@@H](N(Cc2ccsc2)S(=O)(=O)c2ccccc2)Cc2cc(C#N)ccc21. The summed E-state index contributed by atoms with van der Waals surface area (Å²) in [5.41, 5.74) is 4.55. The molecule has 0 saturated carbocycles. The van der Waals surface area contributed by atoms with Gasteiger partial charge in [-0.3, -0.25) is 0 Å². The zero-order chi connectivity index (χ0) is 24.4. The summed E-state index contributed by atoms with van der Waals surface area (Å²) in [5, 5.41) is 13.4. The van der Waals surface area contributed by atoms with Gasteiger partial charge < -0.3 is 9.47 Å². The molecular formula is C26H25N5O2S2. The van der Waals surface area contributed by atoms with Gasteiger partial charge in [0.1, 0.15) is 0 Å². The van der Waals surface area contributed by atoms with Crippen molar-refractivity contribution < 1.29 is 8.42 Å². The van der Waals surface area contributed by atoms with Gasteiger partial charge in [-0.25, -0.2) is 13.4 Å². The van der Waals surface area contributed by atoms with Gasteiger partial charge in [0.15, 0.2) is 0 Å². The number of imidazole rings is 1. The lowest BCUT2D eigenvalue weighted by molar-refractivity contribution is 0.302. The molecule has 5 rings (SSSR count). The van der Waals surface area contributed by atoms with Gasteiger partial charge in [-0.15, -0.1) is 0 Å². The van der Waals surface area contributed by atoms with Crippen molar-refractivity contribution in [2.24, 2.45) is 7.05 Å². The minimum Gasteiger partial charge on any atom is -0.364 e. The minimum absolute atomic E-state index is 0.282. The van der Waals surface area contributed by atoms with Crippen LogP contribution in [0.25, 0.3) is 0 Å². The predicted molar refractivity (Wildman–Crippen MR) is 136 cm³/mol. The summed E-state index contributed by atoms with van der Waals surface area (Å²) in [6.07, 6.45) is 4.12. The number of fused-ring (bicyclic) bond motifs is 1. The maximum absolute atomic E-state index is 13.9. The number of benzene rings is 2. The molecule has 0 radical (unpaired) electrons. The van der Waals surface area contributed by atoms with E-state index in [0.29, 0.717) is 25.1 Å². The van der Waals surface area contributed by atoms with Crippen LogP contribution in [0.2, 0.25) is 0 Å². The molecule has 0 unspecified atom stereocenters. The van der Waals surface area contributed by atoms with E-state index >= 15 is 0 Å². The number of hydrogen-bond donors (Lipinski definition) is 0. The Hall–Kier alpha value is -3.45. The molecule has 1 atom stereocenters. The number of rotatable bonds is 7. The number of aromatic nitrogens is 2. The number of thiophene rings is 1. The Morgan fingerprint density at radius 2 is 2.03 bits per heavy atom. The summed E-state index contributed by atoms with van der Waals surface area (Å²) in [6, 6.07) is 18.2. The molecule has 7 nitrogen and oxygen atoms in total. The van der Waals surface area contributed by atoms with Crippen LogP contribution in [-0.2, 0) is 36.6 Å². The van der Waals surface area contributed by atoms with Crippen molar-refractivity contribution in [3.05, 3.63) is 100 Å². The molecule has 0 spiro atoms. The topological polar surface area (TPSA) is 82.2 Å². The predicted octanol–water partition coefficient (Wildman–Crippen LogP) is 4.18. The maximum Gasteiger partial charge on any atom is 0.243 e. The van der Waals surface area contributed by atoms with Gasteiger partial charge in [-0.05, 0) is 64.7 Å². The fraction of sp³-hybridized carbons (Fsp3) is 0.231. The minimum atomic E-state index is -3.76. The average Bonchev–Trinajstić information content (AvgIpc) is 3.54. The third-order valence-corrected chi connectivity index (χ3v) is 9.03. The summed E-state index contributed by atoms with van der Waals surface area (Å²) in [5.74, 6) is 0. The summed E-state index contributed by atoms with van der Waals surface area (Å²) >= 11 is 1.56. The average molecular weight is 504 g/mol. The largest absolute Gasteiger partial charge is 0.364 e. The van der Waals surface area contributed by atoms with Crippen molar-refractivity contribution in [3.8, 4) is 6.07 Å². The summed E-state index contributed by atoms with van der Waals surface area (Å²) in [6.45, 7) is 1.40. The van der Waals surface area contributed by atoms with Crippen molar-refractivity contribution >= 4 is 27.0 Å². The summed E-state index contributed by atoms with van der Waals surface area (Å²) in [7, 11) is -1.81. The second-order valence-corrected chi connectivity index (χ2v) is 11.4. The smallest absolute Gasteiger partial charge is 0.243 e. The van der Waals surface area contributed by atoms with E-state index in [2.05, 4.69) is 16.0 Å². The first kappa shape index (κ1) is 23.3. The first-order valence-electron chi connectivity index (χ1n) is 11.3. The zero-order valence-corrected chi connectivity index (χ0v) is 20.9. The van der Waals surface area contributed by atoms with Crippen LogP contribution in [0.5, 0.6) is 0 Å². The van der Waals surface area contributed by atoms with E-state index in [1.165, 1.54) is 0 Å². The van der Waals surface area contributed by atoms with E-state index in [1.807, 2.05) is 58.9 Å². The molecule has 4 aromatic rings. The molecule has 178 valence electrons. The first-order chi connectivity index (χ1) is 17.0. The number of nitriles is 1. The summed E-state index contributed by atoms with van der Waals surface area (Å²) in [4.78, 5) is 6.72. The third-order valence-electron chi connectivity index (χ3n) is 6.38. The normalized spacial score (nSPS) is 15.7. The second-order valence-electron chi connectivity index (χ2n) is 8.68. The molecule has 0 N–H and O–H groups in total. The molecule has 0 saturated heterocycles. The van der Waals surface area contributed by atoms with E-state index in [0.717, 1.165) is 22.5 Å². The van der Waals surface area contributed by atoms with E-state index in [9.17, 15) is 13.7 Å². The lowest BCUT2D eigenvalue weighted by Crippen LogP contribution is -2.50. The highest BCUT2D eigenvalue weighted by Gasteiger charge is 2.36. The van der Waals surface area contributed by atoms with Crippen LogP contribution in [-0.4, -0.2) is 34.9 Å². The molecule has 0 bridgehead atoms. The van der Waals surface area contributed by atoms with Crippen molar-refractivity contribution in [3.63, 3.8) is 0 Å². The van der Waals surface area contributed by atoms with E-state index in [4.69, 9.17) is 0 Å².